The number of furan rings is 1. The van der Waals surface area contributed by atoms with Gasteiger partial charge in [0.05, 0.1) is 12.8 Å². The first kappa shape index (κ1) is 13.4. The second-order valence-electron chi connectivity index (χ2n) is 5.26. The van der Waals surface area contributed by atoms with Crippen molar-refractivity contribution in [3.05, 3.63) is 58.0 Å². The Balaban J connectivity index is 1.85. The monoisotopic (exact) mass is 333 g/mol. The van der Waals surface area contributed by atoms with E-state index in [1.165, 1.54) is 0 Å². The molecule has 0 N–H and O–H groups in total. The van der Waals surface area contributed by atoms with E-state index in [0.29, 0.717) is 12.6 Å². The van der Waals surface area contributed by atoms with Crippen LogP contribution in [0.5, 0.6) is 0 Å². The Hall–Kier alpha value is -1.55. The summed E-state index contributed by atoms with van der Waals surface area (Å²) in [5, 5.41) is 0. The molecule has 1 heterocycles. The van der Waals surface area contributed by atoms with Crippen LogP contribution >= 0.6 is 15.9 Å². The second kappa shape index (κ2) is 5.44. The highest BCUT2D eigenvalue weighted by Crippen LogP contribution is 2.30. The van der Waals surface area contributed by atoms with Crippen molar-refractivity contribution in [2.75, 3.05) is 0 Å². The highest BCUT2D eigenvalue weighted by atomic mass is 79.9. The molecule has 1 aliphatic rings. The Labute approximate surface area is 126 Å². The summed E-state index contributed by atoms with van der Waals surface area (Å²) in [6, 6.07) is 9.94. The van der Waals surface area contributed by atoms with E-state index in [1.54, 1.807) is 6.26 Å². The van der Waals surface area contributed by atoms with Crippen molar-refractivity contribution in [2.45, 2.75) is 32.4 Å². The van der Waals surface area contributed by atoms with Gasteiger partial charge in [-0.2, -0.15) is 0 Å². The molecule has 3 rings (SSSR count). The summed E-state index contributed by atoms with van der Waals surface area (Å²) in [6.07, 6.45) is 3.81. The van der Waals surface area contributed by atoms with E-state index in [4.69, 9.17) is 4.42 Å². The molecule has 0 bridgehead atoms. The molecule has 2 aromatic rings. The van der Waals surface area contributed by atoms with E-state index < -0.39 is 0 Å². The number of carbonyl (C=O) groups excluding carboxylic acids is 1. The lowest BCUT2D eigenvalue weighted by molar-refractivity contribution is 0.0717. The van der Waals surface area contributed by atoms with Crippen LogP contribution in [-0.4, -0.2) is 16.8 Å². The molecule has 1 fully saturated rings. The third-order valence-corrected chi connectivity index (χ3v) is 3.90. The number of amides is 1. The molecule has 0 saturated heterocycles. The maximum Gasteiger partial charge on any atom is 0.254 e. The summed E-state index contributed by atoms with van der Waals surface area (Å²) in [5.41, 5.74) is 1.81. The molecule has 1 aromatic carbocycles. The molecule has 0 radical (unpaired) electrons. The molecule has 20 heavy (non-hydrogen) atoms. The molecule has 1 amide bonds. The van der Waals surface area contributed by atoms with E-state index in [2.05, 4.69) is 15.9 Å². The molecule has 1 aromatic heterocycles. The van der Waals surface area contributed by atoms with Gasteiger partial charge in [-0.3, -0.25) is 4.79 Å². The van der Waals surface area contributed by atoms with Crippen LogP contribution in [0.4, 0.5) is 0 Å². The Morgan fingerprint density at radius 1 is 1.40 bits per heavy atom. The lowest BCUT2D eigenvalue weighted by Crippen LogP contribution is -2.32. The largest absolute Gasteiger partial charge is 0.467 e. The van der Waals surface area contributed by atoms with Gasteiger partial charge in [-0.25, -0.2) is 0 Å². The maximum atomic E-state index is 12.7. The predicted octanol–water partition coefficient (Wildman–Crippen LogP) is 4.16. The van der Waals surface area contributed by atoms with Gasteiger partial charge in [0.1, 0.15) is 5.76 Å². The van der Waals surface area contributed by atoms with Crippen LogP contribution < -0.4 is 0 Å². The van der Waals surface area contributed by atoms with Crippen LogP contribution in [0.15, 0.2) is 45.5 Å². The van der Waals surface area contributed by atoms with E-state index in [1.807, 2.05) is 42.2 Å². The van der Waals surface area contributed by atoms with E-state index in [-0.39, 0.29) is 5.91 Å². The summed E-state index contributed by atoms with van der Waals surface area (Å²) in [7, 11) is 0. The Morgan fingerprint density at radius 2 is 2.20 bits per heavy atom. The van der Waals surface area contributed by atoms with Gasteiger partial charge in [0.25, 0.3) is 5.91 Å². The normalized spacial score (nSPS) is 14.3. The number of hydrogen-bond donors (Lipinski definition) is 0. The number of benzene rings is 1. The number of halogens is 1. The highest BCUT2D eigenvalue weighted by molar-refractivity contribution is 9.10. The van der Waals surface area contributed by atoms with Crippen LogP contribution in [0, 0.1) is 6.92 Å². The van der Waals surface area contributed by atoms with E-state index >= 15 is 0 Å². The minimum Gasteiger partial charge on any atom is -0.467 e. The lowest BCUT2D eigenvalue weighted by atomic mass is 10.1. The average molecular weight is 334 g/mol. The summed E-state index contributed by atoms with van der Waals surface area (Å²) < 4.78 is 6.31. The molecule has 0 atom stereocenters. The van der Waals surface area contributed by atoms with Crippen molar-refractivity contribution in [2.24, 2.45) is 0 Å². The van der Waals surface area contributed by atoms with Crippen molar-refractivity contribution < 1.29 is 9.21 Å². The van der Waals surface area contributed by atoms with Gasteiger partial charge in [-0.1, -0.05) is 15.9 Å². The third-order valence-electron chi connectivity index (χ3n) is 3.44. The molecule has 1 saturated carbocycles. The van der Waals surface area contributed by atoms with Crippen LogP contribution in [0.25, 0.3) is 0 Å². The minimum absolute atomic E-state index is 0.0771. The quantitative estimate of drug-likeness (QED) is 0.841. The topological polar surface area (TPSA) is 33.5 Å². The molecular formula is C16H16BrNO2. The summed E-state index contributed by atoms with van der Waals surface area (Å²) in [6.45, 7) is 2.54. The van der Waals surface area contributed by atoms with Gasteiger partial charge >= 0.3 is 0 Å². The fraction of sp³-hybridized carbons (Fsp3) is 0.312. The van der Waals surface area contributed by atoms with Crippen molar-refractivity contribution in [1.29, 1.82) is 0 Å². The first-order valence-electron chi connectivity index (χ1n) is 6.74. The first-order chi connectivity index (χ1) is 9.63. The molecule has 104 valence electrons. The summed E-state index contributed by atoms with van der Waals surface area (Å²) in [4.78, 5) is 14.6. The number of aryl methyl sites for hydroxylation is 1. The third kappa shape index (κ3) is 2.96. The smallest absolute Gasteiger partial charge is 0.254 e. The zero-order valence-electron chi connectivity index (χ0n) is 11.3. The van der Waals surface area contributed by atoms with Crippen molar-refractivity contribution in [1.82, 2.24) is 4.90 Å². The lowest BCUT2D eigenvalue weighted by Gasteiger charge is -2.21. The van der Waals surface area contributed by atoms with Crippen LogP contribution in [0.3, 0.4) is 0 Å². The minimum atomic E-state index is 0.0771. The highest BCUT2D eigenvalue weighted by Gasteiger charge is 2.33. The zero-order valence-corrected chi connectivity index (χ0v) is 12.9. The molecule has 1 aliphatic carbocycles. The predicted molar refractivity (Wildman–Crippen MR) is 80.5 cm³/mol. The molecule has 0 unspecified atom stereocenters. The zero-order chi connectivity index (χ0) is 14.1. The van der Waals surface area contributed by atoms with Crippen molar-refractivity contribution >= 4 is 21.8 Å². The molecule has 0 spiro atoms. The molecule has 4 heteroatoms. The maximum absolute atomic E-state index is 12.7. The van der Waals surface area contributed by atoms with Gasteiger partial charge in [-0.05, 0) is 55.7 Å². The van der Waals surface area contributed by atoms with Gasteiger partial charge in [0.15, 0.2) is 0 Å². The second-order valence-corrected chi connectivity index (χ2v) is 6.18. The van der Waals surface area contributed by atoms with Crippen LogP contribution in [-0.2, 0) is 6.54 Å². The number of carbonyl (C=O) groups is 1. The molecule has 3 nitrogen and oxygen atoms in total. The van der Waals surface area contributed by atoms with Crippen LogP contribution in [0.1, 0.15) is 34.5 Å². The van der Waals surface area contributed by atoms with Gasteiger partial charge < -0.3 is 9.32 Å². The first-order valence-corrected chi connectivity index (χ1v) is 7.53. The van der Waals surface area contributed by atoms with Crippen molar-refractivity contribution in [3.63, 3.8) is 0 Å². The Morgan fingerprint density at radius 3 is 2.80 bits per heavy atom. The summed E-state index contributed by atoms with van der Waals surface area (Å²) in [5.74, 6) is 0.908. The average Bonchev–Trinajstić information content (AvgIpc) is 3.11. The Kier molecular flexibility index (Phi) is 3.66. The van der Waals surface area contributed by atoms with Gasteiger partial charge in [0, 0.05) is 16.1 Å². The molecular weight excluding hydrogens is 318 g/mol. The van der Waals surface area contributed by atoms with Crippen molar-refractivity contribution in [3.8, 4) is 0 Å². The number of nitrogens with zero attached hydrogens (tertiary/aromatic N) is 1. The van der Waals surface area contributed by atoms with E-state index in [0.717, 1.165) is 34.2 Å². The SMILES string of the molecule is Cc1cc(Br)cc(C(=O)N(Cc2ccco2)C2CC2)c1. The fourth-order valence-electron chi connectivity index (χ4n) is 2.35. The number of hydrogen-bond acceptors (Lipinski definition) is 2. The van der Waals surface area contributed by atoms with Gasteiger partial charge in [0.2, 0.25) is 0 Å². The van der Waals surface area contributed by atoms with Gasteiger partial charge in [-0.15, -0.1) is 0 Å². The van der Waals surface area contributed by atoms with E-state index in [9.17, 15) is 4.79 Å². The number of rotatable bonds is 4. The standard InChI is InChI=1S/C16H16BrNO2/c1-11-7-12(9-13(17)8-11)16(19)18(14-4-5-14)10-15-3-2-6-20-15/h2-3,6-9,14H,4-5,10H2,1H3. The Bertz CT molecular complexity index is 597. The summed E-state index contributed by atoms with van der Waals surface area (Å²) >= 11 is 3.45. The fourth-order valence-corrected chi connectivity index (χ4v) is 2.96. The van der Waals surface area contributed by atoms with Crippen LogP contribution in [0.2, 0.25) is 0 Å². The molecule has 0 aliphatic heterocycles.